The number of carbonyl (C=O) groups excluding carboxylic acids is 2. The van der Waals surface area contributed by atoms with Gasteiger partial charge in [0.05, 0.1) is 11.6 Å². The number of rotatable bonds is 2. The Kier molecular flexibility index (Phi) is 2.42. The Morgan fingerprint density at radius 1 is 1.55 bits per heavy atom. The molecule has 3 nitrogen and oxygen atoms in total. The Labute approximate surface area is 64.1 Å². The lowest BCUT2D eigenvalue weighted by molar-refractivity contribution is -0.109. The van der Waals surface area contributed by atoms with E-state index in [2.05, 4.69) is 5.32 Å². The van der Waals surface area contributed by atoms with Gasteiger partial charge in [-0.1, -0.05) is 18.2 Å². The van der Waals surface area contributed by atoms with E-state index in [0.29, 0.717) is 12.0 Å². The fraction of sp³-hybridized carbons (Fsp3) is 0.125. The van der Waals surface area contributed by atoms with Crippen molar-refractivity contribution in [1.29, 1.82) is 0 Å². The van der Waals surface area contributed by atoms with Crippen molar-refractivity contribution in [3.63, 3.8) is 0 Å². The molecule has 1 atom stereocenters. The van der Waals surface area contributed by atoms with Gasteiger partial charge in [0, 0.05) is 0 Å². The molecule has 3 heteroatoms. The molecule has 1 unspecified atom stereocenters. The van der Waals surface area contributed by atoms with E-state index in [1.807, 2.05) is 0 Å². The molecule has 0 fully saturated rings. The number of carbonyl (C=O) groups is 1. The Morgan fingerprint density at radius 2 is 2.36 bits per heavy atom. The molecule has 0 saturated carbocycles. The number of hydrogen-bond acceptors (Lipinski definition) is 2. The highest BCUT2D eigenvalue weighted by atomic mass is 16.1. The van der Waals surface area contributed by atoms with Gasteiger partial charge in [-0.05, 0) is 6.08 Å². The van der Waals surface area contributed by atoms with Gasteiger partial charge in [0.25, 0.3) is 0 Å². The summed E-state index contributed by atoms with van der Waals surface area (Å²) in [4.78, 5) is 20.3. The summed E-state index contributed by atoms with van der Waals surface area (Å²) in [6.45, 7) is 0. The fourth-order valence-electron chi connectivity index (χ4n) is 0.858. The fourth-order valence-corrected chi connectivity index (χ4v) is 0.858. The van der Waals surface area contributed by atoms with Crippen LogP contribution in [-0.2, 0) is 9.59 Å². The van der Waals surface area contributed by atoms with E-state index >= 15 is 0 Å². The zero-order valence-electron chi connectivity index (χ0n) is 5.78. The zero-order valence-corrected chi connectivity index (χ0v) is 5.78. The van der Waals surface area contributed by atoms with Crippen molar-refractivity contribution in [2.45, 2.75) is 6.04 Å². The number of amides is 1. The summed E-state index contributed by atoms with van der Waals surface area (Å²) < 4.78 is 0. The van der Waals surface area contributed by atoms with E-state index < -0.39 is 0 Å². The van der Waals surface area contributed by atoms with Crippen molar-refractivity contribution >= 4 is 12.4 Å². The van der Waals surface area contributed by atoms with E-state index in [0.717, 1.165) is 0 Å². The highest BCUT2D eigenvalue weighted by Gasteiger charge is 2.09. The lowest BCUT2D eigenvalue weighted by atomic mass is 10.0. The molecule has 0 aliphatic heterocycles. The van der Waals surface area contributed by atoms with Gasteiger partial charge in [-0.25, -0.2) is 4.79 Å². The quantitative estimate of drug-likeness (QED) is 0.443. The van der Waals surface area contributed by atoms with Crippen LogP contribution < -0.4 is 5.32 Å². The Balaban J connectivity index is 2.79. The summed E-state index contributed by atoms with van der Waals surface area (Å²) in [6, 6.07) is -0.310. The molecule has 0 spiro atoms. The largest absolute Gasteiger partial charge is 0.348 e. The summed E-state index contributed by atoms with van der Waals surface area (Å²) >= 11 is 0. The molecule has 1 aliphatic carbocycles. The minimum Gasteiger partial charge on any atom is -0.348 e. The molecule has 56 valence electrons. The summed E-state index contributed by atoms with van der Waals surface area (Å²) in [5.74, 6) is 1.75. The van der Waals surface area contributed by atoms with Crippen LogP contribution in [0.4, 0.5) is 0 Å². The average Bonchev–Trinajstić information content (AvgIpc) is 2.06. The monoisotopic (exact) mass is 149 g/mol. The lowest BCUT2D eigenvalue weighted by Gasteiger charge is -2.11. The Morgan fingerprint density at radius 3 is 3.00 bits per heavy atom. The van der Waals surface area contributed by atoms with Gasteiger partial charge in [-0.2, -0.15) is 0 Å². The standard InChI is InChI=1S/C8H7NO2/c10-5-7-3-1-2-4-8(7)9-6-11/h1-4,6,8H,(H,9,11). The first-order valence-electron chi connectivity index (χ1n) is 3.18. The molecule has 0 aromatic carbocycles. The molecule has 0 radical (unpaired) electrons. The van der Waals surface area contributed by atoms with E-state index in [1.54, 1.807) is 30.2 Å². The van der Waals surface area contributed by atoms with Crippen LogP contribution in [0.2, 0.25) is 0 Å². The second-order valence-electron chi connectivity index (χ2n) is 2.06. The molecular weight excluding hydrogens is 142 g/mol. The second kappa shape index (κ2) is 3.54. The van der Waals surface area contributed by atoms with Crippen LogP contribution in [-0.4, -0.2) is 18.4 Å². The van der Waals surface area contributed by atoms with Gasteiger partial charge in [0.2, 0.25) is 6.41 Å². The first-order chi connectivity index (χ1) is 5.38. The van der Waals surface area contributed by atoms with E-state index in [4.69, 9.17) is 0 Å². The Hall–Kier alpha value is -1.60. The number of allylic oxidation sites excluding steroid dienone is 2. The number of nitrogens with one attached hydrogen (secondary N) is 1. The Bertz CT molecular complexity index is 259. The van der Waals surface area contributed by atoms with Crippen molar-refractivity contribution in [3.05, 3.63) is 29.9 Å². The molecule has 0 saturated heterocycles. The molecule has 1 amide bonds. The third-order valence-electron chi connectivity index (χ3n) is 1.39. The first-order valence-corrected chi connectivity index (χ1v) is 3.18. The molecular formula is C8H7NO2. The van der Waals surface area contributed by atoms with Gasteiger partial charge < -0.3 is 5.32 Å². The minimum absolute atomic E-state index is 0.310. The van der Waals surface area contributed by atoms with E-state index in [1.165, 1.54) is 0 Å². The van der Waals surface area contributed by atoms with Crippen molar-refractivity contribution in [1.82, 2.24) is 5.32 Å². The summed E-state index contributed by atoms with van der Waals surface area (Å²) in [5.41, 5.74) is 0.444. The molecule has 0 aromatic heterocycles. The summed E-state index contributed by atoms with van der Waals surface area (Å²) in [7, 11) is 0. The smallest absolute Gasteiger partial charge is 0.207 e. The maximum Gasteiger partial charge on any atom is 0.207 e. The normalized spacial score (nSPS) is 21.1. The van der Waals surface area contributed by atoms with Crippen LogP contribution in [0.5, 0.6) is 0 Å². The molecule has 0 heterocycles. The third-order valence-corrected chi connectivity index (χ3v) is 1.39. The maximum absolute atomic E-state index is 10.2. The van der Waals surface area contributed by atoms with E-state index in [9.17, 15) is 9.59 Å². The zero-order chi connectivity index (χ0) is 8.10. The highest BCUT2D eigenvalue weighted by molar-refractivity contribution is 5.64. The van der Waals surface area contributed by atoms with Crippen LogP contribution in [0, 0.1) is 0 Å². The third kappa shape index (κ3) is 1.66. The average molecular weight is 149 g/mol. The van der Waals surface area contributed by atoms with Gasteiger partial charge >= 0.3 is 0 Å². The minimum atomic E-state index is -0.310. The highest BCUT2D eigenvalue weighted by Crippen LogP contribution is 2.06. The van der Waals surface area contributed by atoms with Crippen molar-refractivity contribution in [2.24, 2.45) is 0 Å². The molecule has 1 N–H and O–H groups in total. The predicted molar refractivity (Wildman–Crippen MR) is 40.5 cm³/mol. The van der Waals surface area contributed by atoms with Crippen LogP contribution >= 0.6 is 0 Å². The van der Waals surface area contributed by atoms with Gasteiger partial charge in [-0.15, -0.1) is 0 Å². The molecule has 0 bridgehead atoms. The molecule has 1 rings (SSSR count). The predicted octanol–water partition coefficient (Wildman–Crippen LogP) is -0.0150. The summed E-state index contributed by atoms with van der Waals surface area (Å²) in [6.07, 6.45) is 7.39. The van der Waals surface area contributed by atoms with Crippen LogP contribution in [0.3, 0.4) is 0 Å². The van der Waals surface area contributed by atoms with Crippen molar-refractivity contribution in [3.8, 4) is 0 Å². The molecule has 1 aliphatic rings. The second-order valence-corrected chi connectivity index (χ2v) is 2.06. The van der Waals surface area contributed by atoms with Gasteiger partial charge in [-0.3, -0.25) is 4.79 Å². The van der Waals surface area contributed by atoms with Crippen molar-refractivity contribution in [2.75, 3.05) is 0 Å². The molecule has 0 aromatic rings. The lowest BCUT2D eigenvalue weighted by Crippen LogP contribution is -2.28. The van der Waals surface area contributed by atoms with Gasteiger partial charge in [0.15, 0.2) is 0 Å². The van der Waals surface area contributed by atoms with Crippen LogP contribution in [0.25, 0.3) is 0 Å². The van der Waals surface area contributed by atoms with Crippen molar-refractivity contribution < 1.29 is 9.59 Å². The maximum atomic E-state index is 10.2. The van der Waals surface area contributed by atoms with Crippen LogP contribution in [0.15, 0.2) is 29.9 Å². The number of hydrogen-bond donors (Lipinski definition) is 1. The van der Waals surface area contributed by atoms with E-state index in [-0.39, 0.29) is 6.04 Å². The first kappa shape index (κ1) is 7.51. The van der Waals surface area contributed by atoms with Gasteiger partial charge in [0.1, 0.15) is 5.94 Å². The molecule has 11 heavy (non-hydrogen) atoms. The topological polar surface area (TPSA) is 46.2 Å². The summed E-state index contributed by atoms with van der Waals surface area (Å²) in [5, 5.41) is 2.47. The SMILES string of the molecule is O=C=C1C=CC=CC1NC=O. The van der Waals surface area contributed by atoms with Crippen LogP contribution in [0.1, 0.15) is 0 Å².